The molecule has 3 aliphatic rings. The summed E-state index contributed by atoms with van der Waals surface area (Å²) in [5.74, 6) is 0. The zero-order chi connectivity index (χ0) is 13.3. The molecular formula is C15H28N2O2. The lowest BCUT2D eigenvalue weighted by atomic mass is 9.82. The molecule has 19 heavy (non-hydrogen) atoms. The van der Waals surface area contributed by atoms with Crippen molar-refractivity contribution in [3.63, 3.8) is 0 Å². The number of rotatable bonds is 1. The first kappa shape index (κ1) is 13.8. The maximum absolute atomic E-state index is 6.18. The molecule has 0 amide bonds. The molecule has 1 N–H and O–H groups in total. The van der Waals surface area contributed by atoms with Crippen LogP contribution in [-0.4, -0.2) is 61.5 Å². The minimum Gasteiger partial charge on any atom is -0.381 e. The highest BCUT2D eigenvalue weighted by Crippen LogP contribution is 2.37. The molecule has 110 valence electrons. The van der Waals surface area contributed by atoms with E-state index in [9.17, 15) is 0 Å². The van der Waals surface area contributed by atoms with Gasteiger partial charge in [0, 0.05) is 51.0 Å². The van der Waals surface area contributed by atoms with Crippen LogP contribution in [0.5, 0.6) is 0 Å². The van der Waals surface area contributed by atoms with E-state index in [1.807, 2.05) is 0 Å². The topological polar surface area (TPSA) is 33.7 Å². The molecule has 3 rings (SSSR count). The van der Waals surface area contributed by atoms with Crippen LogP contribution < -0.4 is 5.32 Å². The van der Waals surface area contributed by atoms with E-state index in [1.54, 1.807) is 0 Å². The summed E-state index contributed by atoms with van der Waals surface area (Å²) >= 11 is 0. The van der Waals surface area contributed by atoms with Crippen molar-refractivity contribution in [2.75, 3.05) is 32.9 Å². The second-order valence-corrected chi connectivity index (χ2v) is 6.59. The second kappa shape index (κ2) is 5.68. The van der Waals surface area contributed by atoms with Crippen molar-refractivity contribution in [2.45, 2.75) is 63.3 Å². The van der Waals surface area contributed by atoms with Gasteiger partial charge < -0.3 is 14.8 Å². The van der Waals surface area contributed by atoms with Crippen LogP contribution in [0.1, 0.15) is 39.5 Å². The molecule has 3 fully saturated rings. The van der Waals surface area contributed by atoms with Crippen LogP contribution in [0, 0.1) is 0 Å². The highest BCUT2D eigenvalue weighted by molar-refractivity contribution is 4.96. The Labute approximate surface area is 116 Å². The third-order valence-corrected chi connectivity index (χ3v) is 5.19. The highest BCUT2D eigenvalue weighted by Gasteiger charge is 2.42. The summed E-state index contributed by atoms with van der Waals surface area (Å²) in [6.45, 7) is 9.63. The quantitative estimate of drug-likeness (QED) is 0.779. The minimum absolute atomic E-state index is 0.117. The van der Waals surface area contributed by atoms with Gasteiger partial charge in [-0.1, -0.05) is 0 Å². The molecule has 1 spiro atoms. The lowest BCUT2D eigenvalue weighted by Crippen LogP contribution is -2.61. The lowest BCUT2D eigenvalue weighted by Gasteiger charge is -2.51. The van der Waals surface area contributed by atoms with E-state index in [4.69, 9.17) is 9.47 Å². The highest BCUT2D eigenvalue weighted by atomic mass is 16.5. The van der Waals surface area contributed by atoms with Crippen molar-refractivity contribution < 1.29 is 9.47 Å². The average molecular weight is 268 g/mol. The van der Waals surface area contributed by atoms with Crippen LogP contribution in [0.25, 0.3) is 0 Å². The zero-order valence-corrected chi connectivity index (χ0v) is 12.4. The molecule has 3 unspecified atom stereocenters. The third-order valence-electron chi connectivity index (χ3n) is 5.19. The molecule has 0 aromatic carbocycles. The molecule has 3 aliphatic heterocycles. The standard InChI is InChI=1S/C15H28N2O2/c1-12-10-16-11-13(2)17(12)14-3-6-19-15(9-14)4-7-18-8-5-15/h12-14,16H,3-11H2,1-2H3. The summed E-state index contributed by atoms with van der Waals surface area (Å²) < 4.78 is 11.7. The van der Waals surface area contributed by atoms with E-state index in [1.165, 1.54) is 12.8 Å². The molecule has 3 heterocycles. The smallest absolute Gasteiger partial charge is 0.0741 e. The fourth-order valence-corrected chi connectivity index (χ4v) is 4.21. The largest absolute Gasteiger partial charge is 0.381 e. The predicted molar refractivity (Wildman–Crippen MR) is 75.4 cm³/mol. The van der Waals surface area contributed by atoms with Crippen LogP contribution >= 0.6 is 0 Å². The van der Waals surface area contributed by atoms with Crippen LogP contribution in [0.15, 0.2) is 0 Å². The van der Waals surface area contributed by atoms with Gasteiger partial charge in [0.15, 0.2) is 0 Å². The molecular weight excluding hydrogens is 240 g/mol. The van der Waals surface area contributed by atoms with E-state index in [2.05, 4.69) is 24.1 Å². The fourth-order valence-electron chi connectivity index (χ4n) is 4.21. The van der Waals surface area contributed by atoms with Crippen LogP contribution in [-0.2, 0) is 9.47 Å². The summed E-state index contributed by atoms with van der Waals surface area (Å²) in [4.78, 5) is 2.75. The Morgan fingerprint density at radius 1 is 1.05 bits per heavy atom. The van der Waals surface area contributed by atoms with E-state index in [-0.39, 0.29) is 5.60 Å². The van der Waals surface area contributed by atoms with Gasteiger partial charge in [-0.2, -0.15) is 0 Å². The Bertz CT molecular complexity index is 289. The van der Waals surface area contributed by atoms with Gasteiger partial charge in [0.2, 0.25) is 0 Å². The van der Waals surface area contributed by atoms with Gasteiger partial charge in [-0.05, 0) is 39.5 Å². The van der Waals surface area contributed by atoms with E-state index in [0.717, 1.165) is 45.8 Å². The Kier molecular flexibility index (Phi) is 4.13. The summed E-state index contributed by atoms with van der Waals surface area (Å²) in [5.41, 5.74) is 0.117. The summed E-state index contributed by atoms with van der Waals surface area (Å²) in [6.07, 6.45) is 4.55. The lowest BCUT2D eigenvalue weighted by molar-refractivity contribution is -0.158. The van der Waals surface area contributed by atoms with Crippen LogP contribution in [0.2, 0.25) is 0 Å². The number of hydrogen-bond acceptors (Lipinski definition) is 4. The van der Waals surface area contributed by atoms with Crippen molar-refractivity contribution in [3.8, 4) is 0 Å². The van der Waals surface area contributed by atoms with Crippen molar-refractivity contribution in [1.82, 2.24) is 10.2 Å². The van der Waals surface area contributed by atoms with Crippen molar-refractivity contribution in [2.24, 2.45) is 0 Å². The van der Waals surface area contributed by atoms with Gasteiger partial charge in [-0.3, -0.25) is 4.90 Å². The molecule has 0 saturated carbocycles. The van der Waals surface area contributed by atoms with E-state index >= 15 is 0 Å². The van der Waals surface area contributed by atoms with Crippen molar-refractivity contribution >= 4 is 0 Å². The molecule has 3 atom stereocenters. The Morgan fingerprint density at radius 2 is 1.74 bits per heavy atom. The Morgan fingerprint density at radius 3 is 2.42 bits per heavy atom. The summed E-state index contributed by atoms with van der Waals surface area (Å²) in [6, 6.07) is 1.98. The van der Waals surface area contributed by atoms with Crippen LogP contribution in [0.3, 0.4) is 0 Å². The molecule has 0 radical (unpaired) electrons. The minimum atomic E-state index is 0.117. The van der Waals surface area contributed by atoms with Gasteiger partial charge in [0.25, 0.3) is 0 Å². The zero-order valence-electron chi connectivity index (χ0n) is 12.4. The van der Waals surface area contributed by atoms with Crippen molar-refractivity contribution in [3.05, 3.63) is 0 Å². The number of nitrogens with zero attached hydrogens (tertiary/aromatic N) is 1. The van der Waals surface area contributed by atoms with Gasteiger partial charge in [-0.15, -0.1) is 0 Å². The number of ether oxygens (including phenoxy) is 2. The molecule has 4 nitrogen and oxygen atoms in total. The summed E-state index contributed by atoms with van der Waals surface area (Å²) in [5, 5.41) is 3.53. The normalized spacial score (nSPS) is 40.4. The monoisotopic (exact) mass is 268 g/mol. The van der Waals surface area contributed by atoms with E-state index < -0.39 is 0 Å². The first-order valence-corrected chi connectivity index (χ1v) is 7.90. The van der Waals surface area contributed by atoms with E-state index in [0.29, 0.717) is 18.1 Å². The number of nitrogens with one attached hydrogen (secondary N) is 1. The van der Waals surface area contributed by atoms with Gasteiger partial charge in [-0.25, -0.2) is 0 Å². The predicted octanol–water partition coefficient (Wildman–Crippen LogP) is 1.40. The Balaban J connectivity index is 1.69. The SMILES string of the molecule is CC1CNCC(C)N1C1CCOC2(CCOCC2)C1. The average Bonchev–Trinajstić information content (AvgIpc) is 2.39. The molecule has 3 saturated heterocycles. The first-order chi connectivity index (χ1) is 9.20. The number of piperazine rings is 1. The maximum Gasteiger partial charge on any atom is 0.0741 e. The second-order valence-electron chi connectivity index (χ2n) is 6.59. The van der Waals surface area contributed by atoms with Gasteiger partial charge >= 0.3 is 0 Å². The molecule has 0 aliphatic carbocycles. The molecule has 0 aromatic heterocycles. The van der Waals surface area contributed by atoms with Gasteiger partial charge in [0.05, 0.1) is 5.60 Å². The maximum atomic E-state index is 6.18. The van der Waals surface area contributed by atoms with Gasteiger partial charge in [0.1, 0.15) is 0 Å². The molecule has 0 aromatic rings. The summed E-state index contributed by atoms with van der Waals surface area (Å²) in [7, 11) is 0. The third kappa shape index (κ3) is 2.82. The van der Waals surface area contributed by atoms with Crippen molar-refractivity contribution in [1.29, 1.82) is 0 Å². The first-order valence-electron chi connectivity index (χ1n) is 7.90. The fraction of sp³-hybridized carbons (Fsp3) is 1.00. The number of hydrogen-bond donors (Lipinski definition) is 1. The Hall–Kier alpha value is -0.160. The molecule has 0 bridgehead atoms. The van der Waals surface area contributed by atoms with Crippen LogP contribution in [0.4, 0.5) is 0 Å². The molecule has 4 heteroatoms.